The molecule has 2 N–H and O–H groups in total. The lowest BCUT2D eigenvalue weighted by molar-refractivity contribution is -0.156. The minimum Gasteiger partial charge on any atom is -0.481 e. The highest BCUT2D eigenvalue weighted by molar-refractivity contribution is 6.17. The van der Waals surface area contributed by atoms with E-state index >= 15 is 0 Å². The Balaban J connectivity index is 0.000000366. The third-order valence-electron chi connectivity index (χ3n) is 2.39. The van der Waals surface area contributed by atoms with Gasteiger partial charge >= 0.3 is 11.9 Å². The first-order valence-corrected chi connectivity index (χ1v) is 6.21. The highest BCUT2D eigenvalue weighted by atomic mass is 35.5. The molecule has 0 spiro atoms. The highest BCUT2D eigenvalue weighted by Crippen LogP contribution is 2.20. The number of carboxylic acid groups (broad SMARTS) is 2. The number of carbonyl (C=O) groups is 2. The summed E-state index contributed by atoms with van der Waals surface area (Å²) in [6.07, 6.45) is 2.85. The van der Waals surface area contributed by atoms with E-state index in [1.807, 2.05) is 0 Å². The van der Waals surface area contributed by atoms with Crippen LogP contribution in [0.5, 0.6) is 0 Å². The standard InChI is InChI=1S/C6H8O5.C5H11Cl/c7-5(8)3-1-2-11-4(3)6(9)10;1-2-3-4-5-6/h3-4H,1-2H2,(H,7,8)(H,9,10);2-5H2,1H3. The van der Waals surface area contributed by atoms with E-state index in [4.69, 9.17) is 26.6 Å². The predicted molar refractivity (Wildman–Crippen MR) is 63.4 cm³/mol. The van der Waals surface area contributed by atoms with Gasteiger partial charge in [-0.3, -0.25) is 4.79 Å². The number of carboxylic acids is 2. The van der Waals surface area contributed by atoms with Crippen molar-refractivity contribution in [2.45, 2.75) is 38.7 Å². The second-order valence-electron chi connectivity index (χ2n) is 3.76. The van der Waals surface area contributed by atoms with Crippen LogP contribution in [0.15, 0.2) is 0 Å². The van der Waals surface area contributed by atoms with Crippen LogP contribution >= 0.6 is 11.6 Å². The molecule has 6 heteroatoms. The summed E-state index contributed by atoms with van der Waals surface area (Å²) in [5.74, 6) is -2.36. The molecule has 5 nitrogen and oxygen atoms in total. The number of halogens is 1. The molecule has 1 saturated heterocycles. The number of rotatable bonds is 5. The minimum atomic E-state index is -1.20. The Bertz CT molecular complexity index is 220. The number of aliphatic carboxylic acids is 2. The average molecular weight is 267 g/mol. The Hall–Kier alpha value is -0.810. The van der Waals surface area contributed by atoms with Gasteiger partial charge < -0.3 is 14.9 Å². The van der Waals surface area contributed by atoms with Gasteiger partial charge in [0.1, 0.15) is 0 Å². The van der Waals surface area contributed by atoms with E-state index in [9.17, 15) is 9.59 Å². The van der Waals surface area contributed by atoms with Gasteiger partial charge in [0.2, 0.25) is 0 Å². The summed E-state index contributed by atoms with van der Waals surface area (Å²) in [4.78, 5) is 20.7. The third-order valence-corrected chi connectivity index (χ3v) is 2.66. The summed E-state index contributed by atoms with van der Waals surface area (Å²) >= 11 is 5.38. The molecule has 100 valence electrons. The van der Waals surface area contributed by atoms with E-state index in [2.05, 4.69) is 6.92 Å². The zero-order chi connectivity index (χ0) is 13.3. The van der Waals surface area contributed by atoms with E-state index in [1.165, 1.54) is 19.3 Å². The van der Waals surface area contributed by atoms with Gasteiger partial charge in [0.15, 0.2) is 6.10 Å². The fourth-order valence-electron chi connectivity index (χ4n) is 1.43. The topological polar surface area (TPSA) is 83.8 Å². The molecule has 1 aliphatic rings. The van der Waals surface area contributed by atoms with Gasteiger partial charge in [-0.1, -0.05) is 19.8 Å². The van der Waals surface area contributed by atoms with E-state index in [0.717, 1.165) is 5.88 Å². The number of alkyl halides is 1. The van der Waals surface area contributed by atoms with E-state index < -0.39 is 24.0 Å². The second kappa shape index (κ2) is 9.24. The van der Waals surface area contributed by atoms with Crippen LogP contribution in [-0.4, -0.2) is 40.7 Å². The first kappa shape index (κ1) is 16.2. The monoisotopic (exact) mass is 266 g/mol. The lowest BCUT2D eigenvalue weighted by Gasteiger charge is -2.08. The Labute approximate surface area is 106 Å². The summed E-state index contributed by atoms with van der Waals surface area (Å²) in [6, 6.07) is 0. The van der Waals surface area contributed by atoms with Gasteiger partial charge in [0.25, 0.3) is 0 Å². The lowest BCUT2D eigenvalue weighted by atomic mass is 10.0. The molecule has 17 heavy (non-hydrogen) atoms. The van der Waals surface area contributed by atoms with E-state index in [1.54, 1.807) is 0 Å². The number of hydrogen-bond acceptors (Lipinski definition) is 3. The van der Waals surface area contributed by atoms with Gasteiger partial charge in [-0.25, -0.2) is 4.79 Å². The van der Waals surface area contributed by atoms with Crippen LogP contribution in [0.1, 0.15) is 32.6 Å². The molecule has 1 heterocycles. The van der Waals surface area contributed by atoms with Crippen molar-refractivity contribution in [3.63, 3.8) is 0 Å². The first-order valence-electron chi connectivity index (χ1n) is 5.67. The molecule has 2 unspecified atom stereocenters. The van der Waals surface area contributed by atoms with Crippen molar-refractivity contribution in [2.75, 3.05) is 12.5 Å². The van der Waals surface area contributed by atoms with E-state index in [-0.39, 0.29) is 13.0 Å². The number of ether oxygens (including phenoxy) is 1. The molecule has 0 aromatic heterocycles. The van der Waals surface area contributed by atoms with Crippen LogP contribution in [0.2, 0.25) is 0 Å². The Morgan fingerprint density at radius 1 is 1.29 bits per heavy atom. The van der Waals surface area contributed by atoms with Crippen molar-refractivity contribution in [3.8, 4) is 0 Å². The Morgan fingerprint density at radius 2 is 1.94 bits per heavy atom. The van der Waals surface area contributed by atoms with Gasteiger partial charge in [-0.2, -0.15) is 0 Å². The summed E-state index contributed by atoms with van der Waals surface area (Å²) in [6.45, 7) is 2.39. The molecule has 1 rings (SSSR count). The smallest absolute Gasteiger partial charge is 0.333 e. The van der Waals surface area contributed by atoms with Crippen molar-refractivity contribution in [3.05, 3.63) is 0 Å². The quantitative estimate of drug-likeness (QED) is 0.587. The maximum atomic E-state index is 10.4. The molecule has 1 aliphatic heterocycles. The Morgan fingerprint density at radius 3 is 2.24 bits per heavy atom. The zero-order valence-corrected chi connectivity index (χ0v) is 10.7. The molecule has 0 saturated carbocycles. The second-order valence-corrected chi connectivity index (χ2v) is 4.14. The molecular formula is C11H19ClO5. The SMILES string of the molecule is CCCCCCl.O=C(O)C1CCOC1C(=O)O. The number of unbranched alkanes of at least 4 members (excludes halogenated alkanes) is 2. The number of hydrogen-bond donors (Lipinski definition) is 2. The predicted octanol–water partition coefficient (Wildman–Crippen LogP) is 1.98. The summed E-state index contributed by atoms with van der Waals surface area (Å²) in [5, 5.41) is 16.9. The van der Waals surface area contributed by atoms with Crippen molar-refractivity contribution < 1.29 is 24.5 Å². The van der Waals surface area contributed by atoms with Crippen LogP contribution in [0.4, 0.5) is 0 Å². The molecule has 0 radical (unpaired) electrons. The maximum absolute atomic E-state index is 10.4. The van der Waals surface area contributed by atoms with Gasteiger partial charge in [0.05, 0.1) is 5.92 Å². The van der Waals surface area contributed by atoms with Crippen molar-refractivity contribution >= 4 is 23.5 Å². The zero-order valence-electron chi connectivity index (χ0n) is 9.89. The van der Waals surface area contributed by atoms with Crippen LogP contribution in [0.3, 0.4) is 0 Å². The molecule has 0 amide bonds. The fourth-order valence-corrected chi connectivity index (χ4v) is 1.62. The molecule has 1 fully saturated rings. The summed E-state index contributed by atoms with van der Waals surface area (Å²) < 4.78 is 4.71. The molecule has 0 aromatic carbocycles. The van der Waals surface area contributed by atoms with Crippen LogP contribution in [-0.2, 0) is 14.3 Å². The van der Waals surface area contributed by atoms with Crippen LogP contribution in [0.25, 0.3) is 0 Å². The summed E-state index contributed by atoms with van der Waals surface area (Å²) in [5.41, 5.74) is 0. The van der Waals surface area contributed by atoms with Gasteiger partial charge in [-0.05, 0) is 12.8 Å². The highest BCUT2D eigenvalue weighted by Gasteiger charge is 2.38. The fraction of sp³-hybridized carbons (Fsp3) is 0.818. The molecule has 0 aromatic rings. The first-order chi connectivity index (χ1) is 8.04. The maximum Gasteiger partial charge on any atom is 0.333 e. The van der Waals surface area contributed by atoms with Gasteiger partial charge in [0, 0.05) is 12.5 Å². The van der Waals surface area contributed by atoms with Crippen molar-refractivity contribution in [1.29, 1.82) is 0 Å². The van der Waals surface area contributed by atoms with Gasteiger partial charge in [-0.15, -0.1) is 11.6 Å². The molecular weight excluding hydrogens is 248 g/mol. The molecule has 0 bridgehead atoms. The Kier molecular flexibility index (Phi) is 8.80. The van der Waals surface area contributed by atoms with Crippen molar-refractivity contribution in [2.24, 2.45) is 5.92 Å². The summed E-state index contributed by atoms with van der Waals surface area (Å²) in [7, 11) is 0. The normalized spacial score (nSPS) is 22.7. The largest absolute Gasteiger partial charge is 0.481 e. The lowest BCUT2D eigenvalue weighted by Crippen LogP contribution is -2.31. The van der Waals surface area contributed by atoms with Crippen LogP contribution in [0, 0.1) is 5.92 Å². The third kappa shape index (κ3) is 6.48. The minimum absolute atomic E-state index is 0.216. The van der Waals surface area contributed by atoms with Crippen molar-refractivity contribution in [1.82, 2.24) is 0 Å². The van der Waals surface area contributed by atoms with E-state index in [0.29, 0.717) is 0 Å². The average Bonchev–Trinajstić information content (AvgIpc) is 2.76. The van der Waals surface area contributed by atoms with Crippen LogP contribution < -0.4 is 0 Å². The molecule has 0 aliphatic carbocycles. The molecule has 2 atom stereocenters.